The maximum absolute atomic E-state index is 13.3. The molecule has 1 aromatic carbocycles. The number of imide groups is 1. The average molecular weight is 413 g/mol. The summed E-state index contributed by atoms with van der Waals surface area (Å²) in [5, 5.41) is 0. The zero-order chi connectivity index (χ0) is 21.9. The molecule has 0 N–H and O–H groups in total. The summed E-state index contributed by atoms with van der Waals surface area (Å²) in [6, 6.07) is 12.2. The monoisotopic (exact) mass is 413 g/mol. The Labute approximate surface area is 175 Å². The van der Waals surface area contributed by atoms with Crippen molar-refractivity contribution in [2.24, 2.45) is 5.92 Å². The third kappa shape index (κ3) is 5.09. The molecule has 0 bridgehead atoms. The summed E-state index contributed by atoms with van der Waals surface area (Å²) in [4.78, 5) is 39.5. The second-order valence-electron chi connectivity index (χ2n) is 8.43. The second-order valence-corrected chi connectivity index (χ2v) is 8.43. The van der Waals surface area contributed by atoms with Crippen LogP contribution in [-0.2, 0) is 25.5 Å². The highest BCUT2D eigenvalue weighted by molar-refractivity contribution is 5.96. The van der Waals surface area contributed by atoms with Gasteiger partial charge in [-0.1, -0.05) is 30.3 Å². The van der Waals surface area contributed by atoms with Gasteiger partial charge in [0, 0.05) is 6.42 Å². The van der Waals surface area contributed by atoms with E-state index in [2.05, 4.69) is 0 Å². The van der Waals surface area contributed by atoms with Gasteiger partial charge in [-0.25, -0.2) is 9.69 Å². The Hall–Kier alpha value is -3.09. The molecule has 0 radical (unpaired) electrons. The number of carbonyl (C=O) groups is 3. The lowest BCUT2D eigenvalue weighted by molar-refractivity contribution is -0.158. The summed E-state index contributed by atoms with van der Waals surface area (Å²) in [7, 11) is 0. The van der Waals surface area contributed by atoms with Crippen LogP contribution in [0.1, 0.15) is 51.5 Å². The molecular formula is C23H27NO6. The van der Waals surface area contributed by atoms with E-state index in [0.29, 0.717) is 5.76 Å². The van der Waals surface area contributed by atoms with Crippen molar-refractivity contribution in [3.63, 3.8) is 0 Å². The molecule has 3 rings (SSSR count). The molecule has 1 aliphatic heterocycles. The van der Waals surface area contributed by atoms with Crippen LogP contribution in [0.3, 0.4) is 0 Å². The van der Waals surface area contributed by atoms with E-state index in [4.69, 9.17) is 13.9 Å². The minimum atomic E-state index is -0.810. The molecule has 0 spiro atoms. The Morgan fingerprint density at radius 1 is 1.13 bits per heavy atom. The Balaban J connectivity index is 1.80. The van der Waals surface area contributed by atoms with Gasteiger partial charge < -0.3 is 13.9 Å². The average Bonchev–Trinajstić information content (AvgIpc) is 3.27. The molecule has 0 saturated carbocycles. The summed E-state index contributed by atoms with van der Waals surface area (Å²) in [6.07, 6.45) is 0.243. The van der Waals surface area contributed by atoms with Gasteiger partial charge in [0.05, 0.1) is 24.6 Å². The summed E-state index contributed by atoms with van der Waals surface area (Å²) < 4.78 is 16.2. The van der Waals surface area contributed by atoms with Gasteiger partial charge in [-0.05, 0) is 45.4 Å². The van der Waals surface area contributed by atoms with E-state index >= 15 is 0 Å². The molecule has 1 aromatic heterocycles. The largest absolute Gasteiger partial charge is 0.469 e. The molecule has 0 unspecified atom stereocenters. The molecular weight excluding hydrogens is 386 g/mol. The number of ether oxygens (including phenoxy) is 2. The molecule has 7 nitrogen and oxygen atoms in total. The van der Waals surface area contributed by atoms with Crippen LogP contribution in [0.4, 0.5) is 4.79 Å². The molecule has 1 aliphatic rings. The highest BCUT2D eigenvalue weighted by atomic mass is 16.6. The molecule has 2 amide bonds. The van der Waals surface area contributed by atoms with Crippen LogP contribution in [0.5, 0.6) is 0 Å². The lowest BCUT2D eigenvalue weighted by Gasteiger charge is -2.25. The number of benzene rings is 1. The predicted octanol–water partition coefficient (Wildman–Crippen LogP) is 4.28. The lowest BCUT2D eigenvalue weighted by Crippen LogP contribution is -2.43. The highest BCUT2D eigenvalue weighted by Gasteiger charge is 2.45. The zero-order valence-corrected chi connectivity index (χ0v) is 17.7. The Morgan fingerprint density at radius 3 is 2.43 bits per heavy atom. The fourth-order valence-electron chi connectivity index (χ4n) is 3.54. The SMILES string of the molecule is C[C@@H]1[C@H](c2ccccc2)OC(=O)N1C(=O)[C@H](CC(=O)OC(C)(C)C)Cc1ccco1. The molecule has 160 valence electrons. The Kier molecular flexibility index (Phi) is 6.29. The molecule has 7 heteroatoms. The minimum absolute atomic E-state index is 0.163. The molecule has 2 aromatic rings. The zero-order valence-electron chi connectivity index (χ0n) is 17.7. The number of amides is 2. The van der Waals surface area contributed by atoms with E-state index < -0.39 is 41.6 Å². The first-order chi connectivity index (χ1) is 14.2. The first-order valence-electron chi connectivity index (χ1n) is 9.98. The first kappa shape index (κ1) is 21.6. The summed E-state index contributed by atoms with van der Waals surface area (Å²) >= 11 is 0. The van der Waals surface area contributed by atoms with Crippen LogP contribution in [0.2, 0.25) is 0 Å². The van der Waals surface area contributed by atoms with Crippen LogP contribution >= 0.6 is 0 Å². The van der Waals surface area contributed by atoms with Gasteiger partial charge in [-0.2, -0.15) is 0 Å². The predicted molar refractivity (Wildman–Crippen MR) is 108 cm³/mol. The summed E-state index contributed by atoms with van der Waals surface area (Å²) in [5.74, 6) is -1.24. The quantitative estimate of drug-likeness (QED) is 0.657. The van der Waals surface area contributed by atoms with Gasteiger partial charge in [0.2, 0.25) is 5.91 Å². The number of hydrogen-bond donors (Lipinski definition) is 0. The standard InChI is InChI=1S/C23H27NO6/c1-15-20(16-9-6-5-7-10-16)29-22(27)24(15)21(26)17(13-18-11-8-12-28-18)14-19(25)30-23(2,3)4/h5-12,15,17,20H,13-14H2,1-4H3/t15-,17+,20-/m1/s1. The number of furan rings is 1. The third-order valence-corrected chi connectivity index (χ3v) is 4.85. The van der Waals surface area contributed by atoms with Crippen molar-refractivity contribution in [3.8, 4) is 0 Å². The van der Waals surface area contributed by atoms with Crippen molar-refractivity contribution in [3.05, 3.63) is 60.1 Å². The summed E-state index contributed by atoms with van der Waals surface area (Å²) in [5.41, 5.74) is 0.136. The van der Waals surface area contributed by atoms with Gasteiger partial charge in [0.25, 0.3) is 0 Å². The van der Waals surface area contributed by atoms with Crippen molar-refractivity contribution in [1.29, 1.82) is 0 Å². The number of esters is 1. The second kappa shape index (κ2) is 8.73. The smallest absolute Gasteiger partial charge is 0.417 e. The van der Waals surface area contributed by atoms with E-state index in [1.807, 2.05) is 30.3 Å². The van der Waals surface area contributed by atoms with Gasteiger partial charge in [0.1, 0.15) is 17.5 Å². The highest BCUT2D eigenvalue weighted by Crippen LogP contribution is 2.34. The van der Waals surface area contributed by atoms with Crippen molar-refractivity contribution < 1.29 is 28.3 Å². The van der Waals surface area contributed by atoms with Crippen molar-refractivity contribution >= 4 is 18.0 Å². The number of carbonyl (C=O) groups excluding carboxylic acids is 3. The Morgan fingerprint density at radius 2 is 1.83 bits per heavy atom. The van der Waals surface area contributed by atoms with Gasteiger partial charge in [-0.3, -0.25) is 9.59 Å². The van der Waals surface area contributed by atoms with Crippen molar-refractivity contribution in [2.45, 2.75) is 58.3 Å². The maximum atomic E-state index is 13.3. The van der Waals surface area contributed by atoms with Crippen LogP contribution in [0.25, 0.3) is 0 Å². The van der Waals surface area contributed by atoms with E-state index in [1.54, 1.807) is 39.8 Å². The van der Waals surface area contributed by atoms with E-state index in [9.17, 15) is 14.4 Å². The fourth-order valence-corrected chi connectivity index (χ4v) is 3.54. The molecule has 1 saturated heterocycles. The van der Waals surface area contributed by atoms with Crippen molar-refractivity contribution in [2.75, 3.05) is 0 Å². The van der Waals surface area contributed by atoms with Crippen molar-refractivity contribution in [1.82, 2.24) is 4.90 Å². The number of rotatable bonds is 6. The lowest BCUT2D eigenvalue weighted by atomic mass is 9.96. The van der Waals surface area contributed by atoms with E-state index in [-0.39, 0.29) is 12.8 Å². The Bertz CT molecular complexity index is 884. The van der Waals surface area contributed by atoms with E-state index in [0.717, 1.165) is 10.5 Å². The van der Waals surface area contributed by atoms with Crippen LogP contribution in [0, 0.1) is 5.92 Å². The normalized spacial score (nSPS) is 20.0. The topological polar surface area (TPSA) is 86.0 Å². The molecule has 30 heavy (non-hydrogen) atoms. The summed E-state index contributed by atoms with van der Waals surface area (Å²) in [6.45, 7) is 7.05. The van der Waals surface area contributed by atoms with Crippen LogP contribution in [0.15, 0.2) is 53.1 Å². The third-order valence-electron chi connectivity index (χ3n) is 4.85. The molecule has 3 atom stereocenters. The van der Waals surface area contributed by atoms with Gasteiger partial charge >= 0.3 is 12.1 Å². The molecule has 2 heterocycles. The number of hydrogen-bond acceptors (Lipinski definition) is 6. The number of nitrogens with zero attached hydrogens (tertiary/aromatic N) is 1. The minimum Gasteiger partial charge on any atom is -0.469 e. The fraction of sp³-hybridized carbons (Fsp3) is 0.435. The maximum Gasteiger partial charge on any atom is 0.417 e. The van der Waals surface area contributed by atoms with Crippen LogP contribution in [-0.4, -0.2) is 34.5 Å². The van der Waals surface area contributed by atoms with Crippen LogP contribution < -0.4 is 0 Å². The first-order valence-corrected chi connectivity index (χ1v) is 9.98. The molecule has 1 fully saturated rings. The van der Waals surface area contributed by atoms with Gasteiger partial charge in [-0.15, -0.1) is 0 Å². The van der Waals surface area contributed by atoms with Gasteiger partial charge in [0.15, 0.2) is 0 Å². The number of cyclic esters (lactones) is 1. The molecule has 0 aliphatic carbocycles. The van der Waals surface area contributed by atoms with E-state index in [1.165, 1.54) is 6.26 Å².